The molecule has 6 nitrogen and oxygen atoms in total. The molecule has 9 heteroatoms. The van der Waals surface area contributed by atoms with Crippen LogP contribution < -0.4 is 14.4 Å². The second kappa shape index (κ2) is 8.27. The second-order valence-electron chi connectivity index (χ2n) is 7.37. The summed E-state index contributed by atoms with van der Waals surface area (Å²) in [5.74, 6) is 1.74. The predicted molar refractivity (Wildman–Crippen MR) is 123 cm³/mol. The van der Waals surface area contributed by atoms with Crippen LogP contribution in [0.3, 0.4) is 0 Å². The average molecular weight is 468 g/mol. The van der Waals surface area contributed by atoms with Crippen molar-refractivity contribution >= 4 is 51.4 Å². The molecule has 158 valence electrons. The summed E-state index contributed by atoms with van der Waals surface area (Å²) in [4.78, 5) is 13.6. The van der Waals surface area contributed by atoms with Crippen molar-refractivity contribution in [2.24, 2.45) is 0 Å². The van der Waals surface area contributed by atoms with Crippen molar-refractivity contribution < 1.29 is 9.47 Å². The average Bonchev–Trinajstić information content (AvgIpc) is 2.67. The molecule has 1 saturated heterocycles. The summed E-state index contributed by atoms with van der Waals surface area (Å²) in [6.07, 6.45) is 1.73. The summed E-state index contributed by atoms with van der Waals surface area (Å²) in [5, 5.41) is 2.98. The summed E-state index contributed by atoms with van der Waals surface area (Å²) in [6.45, 7) is 1.72. The topological polar surface area (TPSA) is 50.7 Å². The van der Waals surface area contributed by atoms with Gasteiger partial charge in [0.1, 0.15) is 22.5 Å². The first-order valence-corrected chi connectivity index (χ1v) is 10.5. The summed E-state index contributed by atoms with van der Waals surface area (Å²) < 4.78 is 10.8. The predicted octanol–water partition coefficient (Wildman–Crippen LogP) is 5.02. The number of anilines is 1. The van der Waals surface area contributed by atoms with Gasteiger partial charge < -0.3 is 19.3 Å². The molecule has 3 aromatic rings. The van der Waals surface area contributed by atoms with Crippen molar-refractivity contribution in [3.05, 3.63) is 39.6 Å². The van der Waals surface area contributed by atoms with Crippen LogP contribution in [0.4, 0.5) is 5.82 Å². The molecule has 0 bridgehead atoms. The number of pyridine rings is 2. The zero-order valence-electron chi connectivity index (χ0n) is 17.0. The molecule has 0 aliphatic carbocycles. The SMILES string of the molecule is COc1cc(OC)c(Cl)c(-c2cc3cnc(Cl)cc3c(N3CC(N(C)C)C3)n2)c1Cl. The zero-order chi connectivity index (χ0) is 21.6. The number of halogens is 3. The Labute approximate surface area is 190 Å². The number of hydrogen-bond donors (Lipinski definition) is 0. The molecule has 30 heavy (non-hydrogen) atoms. The van der Waals surface area contributed by atoms with Gasteiger partial charge in [0.15, 0.2) is 0 Å². The number of hydrogen-bond acceptors (Lipinski definition) is 6. The molecule has 1 aromatic carbocycles. The summed E-state index contributed by atoms with van der Waals surface area (Å²) in [7, 11) is 7.25. The third-order valence-electron chi connectivity index (χ3n) is 5.38. The lowest BCUT2D eigenvalue weighted by Gasteiger charge is -2.44. The van der Waals surface area contributed by atoms with Gasteiger partial charge in [-0.25, -0.2) is 9.97 Å². The maximum atomic E-state index is 6.64. The Morgan fingerprint density at radius 1 is 1.00 bits per heavy atom. The molecule has 0 saturated carbocycles. The van der Waals surface area contributed by atoms with Crippen molar-refractivity contribution in [1.82, 2.24) is 14.9 Å². The molecule has 3 heterocycles. The van der Waals surface area contributed by atoms with Crippen LogP contribution in [0, 0.1) is 0 Å². The van der Waals surface area contributed by atoms with Crippen molar-refractivity contribution in [2.45, 2.75) is 6.04 Å². The maximum absolute atomic E-state index is 6.64. The third kappa shape index (κ3) is 3.62. The largest absolute Gasteiger partial charge is 0.495 e. The van der Waals surface area contributed by atoms with E-state index in [2.05, 4.69) is 28.9 Å². The molecule has 0 amide bonds. The van der Waals surface area contributed by atoms with E-state index in [1.165, 1.54) is 0 Å². The lowest BCUT2D eigenvalue weighted by atomic mass is 10.0. The summed E-state index contributed by atoms with van der Waals surface area (Å²) in [5.41, 5.74) is 1.17. The van der Waals surface area contributed by atoms with E-state index in [1.54, 1.807) is 26.5 Å². The van der Waals surface area contributed by atoms with Crippen LogP contribution in [0.2, 0.25) is 15.2 Å². The van der Waals surface area contributed by atoms with Gasteiger partial charge in [0.2, 0.25) is 0 Å². The van der Waals surface area contributed by atoms with Crippen molar-refractivity contribution in [3.63, 3.8) is 0 Å². The van der Waals surface area contributed by atoms with Crippen molar-refractivity contribution in [1.29, 1.82) is 0 Å². The van der Waals surface area contributed by atoms with Crippen LogP contribution in [-0.4, -0.2) is 62.3 Å². The van der Waals surface area contributed by atoms with Gasteiger partial charge in [-0.15, -0.1) is 0 Å². The highest BCUT2D eigenvalue weighted by atomic mass is 35.5. The van der Waals surface area contributed by atoms with E-state index < -0.39 is 0 Å². The van der Waals surface area contributed by atoms with E-state index in [0.29, 0.717) is 44.0 Å². The standard InChI is InChI=1S/C21H21Cl3N4O2/c1-27(2)12-9-28(10-12)21-13-6-17(22)25-8-11(13)5-14(26-21)18-19(23)15(29-3)7-16(30-4)20(18)24/h5-8,12H,9-10H2,1-4H3. The minimum atomic E-state index is 0.373. The van der Waals surface area contributed by atoms with Gasteiger partial charge in [0.25, 0.3) is 0 Å². The molecule has 0 spiro atoms. The molecular weight excluding hydrogens is 447 g/mol. The smallest absolute Gasteiger partial charge is 0.141 e. The fraction of sp³-hybridized carbons (Fsp3) is 0.333. The van der Waals surface area contributed by atoms with Gasteiger partial charge in [0, 0.05) is 47.7 Å². The third-order valence-corrected chi connectivity index (χ3v) is 6.34. The Balaban J connectivity index is 1.93. The molecule has 4 rings (SSSR count). The van der Waals surface area contributed by atoms with E-state index in [1.807, 2.05) is 12.1 Å². The number of likely N-dealkylation sites (N-methyl/N-ethyl adjacent to an activating group) is 1. The molecule has 0 radical (unpaired) electrons. The highest BCUT2D eigenvalue weighted by molar-refractivity contribution is 6.41. The molecular formula is C21H21Cl3N4O2. The molecule has 0 atom stereocenters. The van der Waals surface area contributed by atoms with Gasteiger partial charge in [-0.2, -0.15) is 0 Å². The Morgan fingerprint density at radius 2 is 1.63 bits per heavy atom. The minimum Gasteiger partial charge on any atom is -0.495 e. The fourth-order valence-electron chi connectivity index (χ4n) is 3.54. The normalized spacial score (nSPS) is 14.3. The van der Waals surface area contributed by atoms with E-state index in [-0.39, 0.29) is 0 Å². The number of fused-ring (bicyclic) bond motifs is 1. The summed E-state index contributed by atoms with van der Waals surface area (Å²) >= 11 is 19.5. The Hall–Kier alpha value is -1.99. The molecule has 1 aliphatic rings. The molecule has 1 fully saturated rings. The lowest BCUT2D eigenvalue weighted by molar-refractivity contribution is 0.246. The molecule has 0 unspecified atom stereocenters. The number of methoxy groups -OCH3 is 2. The van der Waals surface area contributed by atoms with E-state index >= 15 is 0 Å². The van der Waals surface area contributed by atoms with Crippen LogP contribution in [-0.2, 0) is 0 Å². The van der Waals surface area contributed by atoms with E-state index in [9.17, 15) is 0 Å². The van der Waals surface area contributed by atoms with E-state index in [4.69, 9.17) is 49.3 Å². The molecule has 1 aliphatic heterocycles. The first-order valence-electron chi connectivity index (χ1n) is 9.32. The van der Waals surface area contributed by atoms with Crippen LogP contribution in [0.25, 0.3) is 22.0 Å². The highest BCUT2D eigenvalue weighted by Crippen LogP contribution is 2.46. The van der Waals surface area contributed by atoms with Gasteiger partial charge in [0.05, 0.1) is 30.0 Å². The van der Waals surface area contributed by atoms with Gasteiger partial charge in [-0.05, 0) is 26.2 Å². The number of rotatable bonds is 5. The van der Waals surface area contributed by atoms with Crippen LogP contribution >= 0.6 is 34.8 Å². The lowest BCUT2D eigenvalue weighted by Crippen LogP contribution is -2.57. The quantitative estimate of drug-likeness (QED) is 0.491. The number of nitrogens with zero attached hydrogens (tertiary/aromatic N) is 4. The number of benzene rings is 1. The molecule has 2 aromatic heterocycles. The number of ether oxygens (including phenoxy) is 2. The fourth-order valence-corrected chi connectivity index (χ4v) is 4.39. The van der Waals surface area contributed by atoms with Crippen LogP contribution in [0.15, 0.2) is 24.4 Å². The Bertz CT molecular complexity index is 1090. The van der Waals surface area contributed by atoms with Crippen molar-refractivity contribution in [3.8, 4) is 22.8 Å². The summed E-state index contributed by atoms with van der Waals surface area (Å²) in [6, 6.07) is 5.86. The van der Waals surface area contributed by atoms with Crippen LogP contribution in [0.1, 0.15) is 0 Å². The van der Waals surface area contributed by atoms with Crippen LogP contribution in [0.5, 0.6) is 11.5 Å². The van der Waals surface area contributed by atoms with Gasteiger partial charge >= 0.3 is 0 Å². The highest BCUT2D eigenvalue weighted by Gasteiger charge is 2.31. The second-order valence-corrected chi connectivity index (χ2v) is 8.51. The molecule has 0 N–H and O–H groups in total. The van der Waals surface area contributed by atoms with E-state index in [0.717, 1.165) is 29.7 Å². The van der Waals surface area contributed by atoms with Crippen molar-refractivity contribution in [2.75, 3.05) is 46.3 Å². The monoisotopic (exact) mass is 466 g/mol. The number of aromatic nitrogens is 2. The zero-order valence-corrected chi connectivity index (χ0v) is 19.3. The first kappa shape index (κ1) is 21.2. The van der Waals surface area contributed by atoms with Gasteiger partial charge in [-0.3, -0.25) is 0 Å². The Kier molecular flexibility index (Phi) is 5.86. The maximum Gasteiger partial charge on any atom is 0.141 e. The minimum absolute atomic E-state index is 0.373. The van der Waals surface area contributed by atoms with Gasteiger partial charge in [-0.1, -0.05) is 34.8 Å². The first-order chi connectivity index (χ1) is 14.3. The Morgan fingerprint density at radius 3 is 2.20 bits per heavy atom.